The van der Waals surface area contributed by atoms with E-state index < -0.39 is 5.91 Å². The van der Waals surface area contributed by atoms with E-state index in [0.29, 0.717) is 6.54 Å². The molecule has 0 spiro atoms. The predicted octanol–water partition coefficient (Wildman–Crippen LogP) is 0.718. The number of carbonyl (C=O) groups is 1. The van der Waals surface area contributed by atoms with Crippen LogP contribution in [-0.2, 0) is 17.9 Å². The Bertz CT molecular complexity index is 546. The fourth-order valence-corrected chi connectivity index (χ4v) is 2.72. The Morgan fingerprint density at radius 3 is 2.52 bits per heavy atom. The molecular formula is C15H23N3O3. The average molecular weight is 293 g/mol. The Balaban J connectivity index is 2.24. The quantitative estimate of drug-likeness (QED) is 0.867. The first kappa shape index (κ1) is 15.6. The summed E-state index contributed by atoms with van der Waals surface area (Å²) in [5, 5.41) is 0. The van der Waals surface area contributed by atoms with Crippen LogP contribution < -0.4 is 15.9 Å². The summed E-state index contributed by atoms with van der Waals surface area (Å²) in [7, 11) is 1.44. The van der Waals surface area contributed by atoms with Gasteiger partial charge in [0.05, 0.1) is 13.3 Å². The van der Waals surface area contributed by atoms with Crippen LogP contribution in [0.15, 0.2) is 17.1 Å². The van der Waals surface area contributed by atoms with Gasteiger partial charge in [0.2, 0.25) is 11.3 Å². The number of ether oxygens (including phenoxy) is 1. The Morgan fingerprint density at radius 1 is 1.29 bits per heavy atom. The fourth-order valence-electron chi connectivity index (χ4n) is 2.72. The van der Waals surface area contributed by atoms with E-state index in [-0.39, 0.29) is 17.7 Å². The molecule has 1 amide bonds. The second-order valence-electron chi connectivity index (χ2n) is 5.48. The summed E-state index contributed by atoms with van der Waals surface area (Å²) in [6, 6.07) is 1.55. The Labute approximate surface area is 124 Å². The van der Waals surface area contributed by atoms with Crippen molar-refractivity contribution in [3.8, 4) is 5.75 Å². The maximum Gasteiger partial charge on any atom is 0.237 e. The highest BCUT2D eigenvalue weighted by molar-refractivity contribution is 5.73. The minimum atomic E-state index is -0.433. The van der Waals surface area contributed by atoms with Gasteiger partial charge in [-0.25, -0.2) is 0 Å². The van der Waals surface area contributed by atoms with Crippen LogP contribution in [0, 0.1) is 0 Å². The standard InChI is InChI=1S/C15H23N3O3/c1-21-14-10-18(11-15(16)20)12(8-13(14)19)9-17-6-4-2-3-5-7-17/h8,10H,2-7,9,11H2,1H3,(H2,16,20). The number of nitrogens with two attached hydrogens (primary N) is 1. The molecule has 0 radical (unpaired) electrons. The Morgan fingerprint density at radius 2 is 1.95 bits per heavy atom. The number of hydrogen-bond acceptors (Lipinski definition) is 4. The van der Waals surface area contributed by atoms with Gasteiger partial charge in [0.25, 0.3) is 0 Å². The third kappa shape index (κ3) is 4.32. The minimum absolute atomic E-state index is 0.0554. The van der Waals surface area contributed by atoms with Crippen molar-refractivity contribution in [1.29, 1.82) is 0 Å². The minimum Gasteiger partial charge on any atom is -0.491 e. The van der Waals surface area contributed by atoms with E-state index in [1.165, 1.54) is 32.8 Å². The molecule has 0 bridgehead atoms. The van der Waals surface area contributed by atoms with E-state index in [9.17, 15) is 9.59 Å². The number of pyridine rings is 1. The number of aromatic nitrogens is 1. The van der Waals surface area contributed by atoms with Gasteiger partial charge in [-0.3, -0.25) is 14.5 Å². The molecule has 0 aliphatic carbocycles. The molecule has 1 aliphatic heterocycles. The number of carbonyl (C=O) groups excluding carboxylic acids is 1. The maximum atomic E-state index is 11.9. The number of methoxy groups -OCH3 is 1. The van der Waals surface area contributed by atoms with E-state index >= 15 is 0 Å². The summed E-state index contributed by atoms with van der Waals surface area (Å²) in [5.74, 6) is -0.200. The third-order valence-corrected chi connectivity index (χ3v) is 3.81. The molecule has 116 valence electrons. The summed E-state index contributed by atoms with van der Waals surface area (Å²) in [6.07, 6.45) is 6.44. The largest absolute Gasteiger partial charge is 0.491 e. The first-order valence-corrected chi connectivity index (χ1v) is 7.38. The van der Waals surface area contributed by atoms with Crippen LogP contribution >= 0.6 is 0 Å². The van der Waals surface area contributed by atoms with Crippen molar-refractivity contribution in [2.45, 2.75) is 38.8 Å². The SMILES string of the molecule is COc1cn(CC(N)=O)c(CN2CCCCCC2)cc1=O. The van der Waals surface area contributed by atoms with Gasteiger partial charge in [-0.1, -0.05) is 12.8 Å². The van der Waals surface area contributed by atoms with Crippen LogP contribution in [0.25, 0.3) is 0 Å². The van der Waals surface area contributed by atoms with E-state index in [2.05, 4.69) is 4.90 Å². The lowest BCUT2D eigenvalue weighted by Crippen LogP contribution is -2.29. The first-order chi connectivity index (χ1) is 10.1. The second-order valence-corrected chi connectivity index (χ2v) is 5.48. The molecule has 0 saturated carbocycles. The number of likely N-dealkylation sites (tertiary alicyclic amines) is 1. The number of rotatable bonds is 5. The highest BCUT2D eigenvalue weighted by Crippen LogP contribution is 2.14. The van der Waals surface area contributed by atoms with Crippen molar-refractivity contribution in [3.05, 3.63) is 28.2 Å². The fraction of sp³-hybridized carbons (Fsp3) is 0.600. The summed E-state index contributed by atoms with van der Waals surface area (Å²) in [6.45, 7) is 2.76. The van der Waals surface area contributed by atoms with Gasteiger partial charge >= 0.3 is 0 Å². The molecule has 6 heteroatoms. The molecule has 2 heterocycles. The molecule has 1 saturated heterocycles. The molecule has 1 aromatic heterocycles. The normalized spacial score (nSPS) is 16.4. The number of hydrogen-bond donors (Lipinski definition) is 1. The molecule has 1 aliphatic rings. The van der Waals surface area contributed by atoms with Gasteiger partial charge in [0.1, 0.15) is 6.54 Å². The van der Waals surface area contributed by atoms with Crippen LogP contribution in [0.2, 0.25) is 0 Å². The zero-order valence-electron chi connectivity index (χ0n) is 12.5. The molecule has 21 heavy (non-hydrogen) atoms. The van der Waals surface area contributed by atoms with Crippen LogP contribution in [0.4, 0.5) is 0 Å². The number of nitrogens with zero attached hydrogens (tertiary/aromatic N) is 2. The molecule has 2 rings (SSSR count). The summed E-state index contributed by atoms with van der Waals surface area (Å²) in [4.78, 5) is 25.5. The maximum absolute atomic E-state index is 11.9. The zero-order valence-corrected chi connectivity index (χ0v) is 12.5. The number of amides is 1. The van der Waals surface area contributed by atoms with E-state index in [4.69, 9.17) is 10.5 Å². The van der Waals surface area contributed by atoms with Crippen molar-refractivity contribution in [2.24, 2.45) is 5.73 Å². The summed E-state index contributed by atoms with van der Waals surface area (Å²) < 4.78 is 6.75. The lowest BCUT2D eigenvalue weighted by Gasteiger charge is -2.22. The number of primary amides is 1. The van der Waals surface area contributed by atoms with Crippen molar-refractivity contribution in [2.75, 3.05) is 20.2 Å². The average Bonchev–Trinajstić information content (AvgIpc) is 2.70. The zero-order chi connectivity index (χ0) is 15.2. The van der Waals surface area contributed by atoms with Crippen LogP contribution in [-0.4, -0.2) is 35.6 Å². The molecule has 2 N–H and O–H groups in total. The van der Waals surface area contributed by atoms with Crippen molar-refractivity contribution in [1.82, 2.24) is 9.47 Å². The second kappa shape index (κ2) is 7.26. The van der Waals surface area contributed by atoms with Gasteiger partial charge < -0.3 is 15.0 Å². The van der Waals surface area contributed by atoms with Gasteiger partial charge in [-0.2, -0.15) is 0 Å². The third-order valence-electron chi connectivity index (χ3n) is 3.81. The highest BCUT2D eigenvalue weighted by Gasteiger charge is 2.14. The molecule has 1 fully saturated rings. The summed E-state index contributed by atoms with van der Waals surface area (Å²) in [5.41, 5.74) is 5.93. The molecule has 0 atom stereocenters. The highest BCUT2D eigenvalue weighted by atomic mass is 16.5. The monoisotopic (exact) mass is 293 g/mol. The lowest BCUT2D eigenvalue weighted by molar-refractivity contribution is -0.118. The van der Waals surface area contributed by atoms with Crippen LogP contribution in [0.3, 0.4) is 0 Å². The first-order valence-electron chi connectivity index (χ1n) is 7.38. The predicted molar refractivity (Wildman–Crippen MR) is 80.2 cm³/mol. The van der Waals surface area contributed by atoms with Crippen molar-refractivity contribution < 1.29 is 9.53 Å². The molecule has 0 unspecified atom stereocenters. The smallest absolute Gasteiger partial charge is 0.237 e. The van der Waals surface area contributed by atoms with Gasteiger partial charge in [-0.15, -0.1) is 0 Å². The van der Waals surface area contributed by atoms with E-state index in [1.807, 2.05) is 0 Å². The van der Waals surface area contributed by atoms with Gasteiger partial charge in [-0.05, 0) is 25.9 Å². The van der Waals surface area contributed by atoms with Crippen LogP contribution in [0.5, 0.6) is 5.75 Å². The topological polar surface area (TPSA) is 77.6 Å². The molecule has 0 aromatic carbocycles. The molecule has 1 aromatic rings. The lowest BCUT2D eigenvalue weighted by atomic mass is 10.2. The van der Waals surface area contributed by atoms with Crippen molar-refractivity contribution in [3.63, 3.8) is 0 Å². The van der Waals surface area contributed by atoms with Gasteiger partial charge in [0.15, 0.2) is 5.75 Å². The van der Waals surface area contributed by atoms with Crippen LogP contribution in [0.1, 0.15) is 31.4 Å². The van der Waals surface area contributed by atoms with E-state index in [1.54, 1.807) is 16.8 Å². The van der Waals surface area contributed by atoms with Gasteiger partial charge in [0, 0.05) is 18.3 Å². The van der Waals surface area contributed by atoms with E-state index in [0.717, 1.165) is 18.8 Å². The Kier molecular flexibility index (Phi) is 5.38. The van der Waals surface area contributed by atoms with Crippen molar-refractivity contribution >= 4 is 5.91 Å². The Hall–Kier alpha value is -1.82. The molecular weight excluding hydrogens is 270 g/mol. The summed E-state index contributed by atoms with van der Waals surface area (Å²) >= 11 is 0. The molecule has 6 nitrogen and oxygen atoms in total.